The molecule has 2 heterocycles. The molecule has 19 heavy (non-hydrogen) atoms. The zero-order valence-corrected chi connectivity index (χ0v) is 11.2. The molecule has 0 amide bonds. The van der Waals surface area contributed by atoms with Gasteiger partial charge in [-0.3, -0.25) is 9.88 Å². The van der Waals surface area contributed by atoms with Gasteiger partial charge in [0, 0.05) is 42.0 Å². The molecule has 1 fully saturated rings. The fourth-order valence-electron chi connectivity index (χ4n) is 2.15. The van der Waals surface area contributed by atoms with Crippen molar-refractivity contribution in [1.29, 1.82) is 0 Å². The average molecular weight is 292 g/mol. The summed E-state index contributed by atoms with van der Waals surface area (Å²) in [5.41, 5.74) is -0.951. The minimum atomic E-state index is -4.47. The Hall–Kier alpha value is -0.790. The van der Waals surface area contributed by atoms with Crippen LogP contribution in [0, 0.1) is 0 Å². The van der Waals surface area contributed by atoms with E-state index >= 15 is 0 Å². The first-order chi connectivity index (χ1) is 8.91. The summed E-state index contributed by atoms with van der Waals surface area (Å²) in [5, 5.41) is 10.3. The second-order valence-electron chi connectivity index (χ2n) is 4.53. The van der Waals surface area contributed by atoms with Crippen molar-refractivity contribution in [1.82, 2.24) is 9.88 Å². The van der Waals surface area contributed by atoms with E-state index in [1.54, 1.807) is 11.8 Å². The van der Waals surface area contributed by atoms with Crippen LogP contribution in [0.25, 0.3) is 0 Å². The Morgan fingerprint density at radius 2 is 2.26 bits per heavy atom. The molecule has 7 heteroatoms. The molecule has 2 rings (SSSR count). The van der Waals surface area contributed by atoms with Crippen molar-refractivity contribution >= 4 is 11.8 Å². The van der Waals surface area contributed by atoms with Crippen LogP contribution < -0.4 is 0 Å². The maximum atomic E-state index is 12.9. The summed E-state index contributed by atoms with van der Waals surface area (Å²) in [6.07, 6.45) is -3.44. The van der Waals surface area contributed by atoms with Crippen molar-refractivity contribution in [3.8, 4) is 0 Å². The van der Waals surface area contributed by atoms with Crippen molar-refractivity contribution in [2.45, 2.75) is 18.3 Å². The van der Waals surface area contributed by atoms with Gasteiger partial charge in [-0.05, 0) is 13.1 Å². The third kappa shape index (κ3) is 3.21. The van der Waals surface area contributed by atoms with E-state index in [-0.39, 0.29) is 11.6 Å². The van der Waals surface area contributed by atoms with Gasteiger partial charge in [-0.15, -0.1) is 0 Å². The van der Waals surface area contributed by atoms with Gasteiger partial charge in [-0.25, -0.2) is 0 Å². The first kappa shape index (κ1) is 14.6. The van der Waals surface area contributed by atoms with Gasteiger partial charge >= 0.3 is 6.18 Å². The van der Waals surface area contributed by atoms with Crippen LogP contribution in [-0.2, 0) is 6.18 Å². The van der Waals surface area contributed by atoms with Crippen LogP contribution in [0.1, 0.15) is 17.2 Å². The normalized spacial score (nSPS) is 23.3. The molecule has 1 aromatic rings. The highest BCUT2D eigenvalue weighted by molar-refractivity contribution is 7.99. The molecule has 1 N–H and O–H groups in total. The first-order valence-corrected chi connectivity index (χ1v) is 7.04. The summed E-state index contributed by atoms with van der Waals surface area (Å²) < 4.78 is 38.7. The van der Waals surface area contributed by atoms with E-state index in [1.807, 2.05) is 11.9 Å². The number of hydrogen-bond donors (Lipinski definition) is 1. The lowest BCUT2D eigenvalue weighted by molar-refractivity contribution is -0.139. The van der Waals surface area contributed by atoms with E-state index < -0.39 is 17.8 Å². The van der Waals surface area contributed by atoms with Crippen LogP contribution in [0.4, 0.5) is 13.2 Å². The van der Waals surface area contributed by atoms with Crippen molar-refractivity contribution in [3.63, 3.8) is 0 Å². The Kier molecular flexibility index (Phi) is 4.37. The Morgan fingerprint density at radius 3 is 2.89 bits per heavy atom. The lowest BCUT2D eigenvalue weighted by atomic mass is 9.99. The minimum absolute atomic E-state index is 0.144. The van der Waals surface area contributed by atoms with Crippen LogP contribution in [0.3, 0.4) is 0 Å². The molecule has 1 saturated heterocycles. The molecule has 1 aliphatic heterocycles. The molecule has 0 radical (unpaired) electrons. The average Bonchev–Trinajstić information content (AvgIpc) is 2.37. The number of halogens is 3. The molecule has 106 valence electrons. The number of aromatic nitrogens is 1. The highest BCUT2D eigenvalue weighted by Gasteiger charge is 2.38. The summed E-state index contributed by atoms with van der Waals surface area (Å²) in [4.78, 5) is 5.61. The molecule has 0 aromatic carbocycles. The molecule has 1 aromatic heterocycles. The van der Waals surface area contributed by atoms with Gasteiger partial charge in [-0.2, -0.15) is 24.9 Å². The van der Waals surface area contributed by atoms with Crippen LogP contribution in [0.15, 0.2) is 18.5 Å². The van der Waals surface area contributed by atoms with Crippen molar-refractivity contribution in [3.05, 3.63) is 29.6 Å². The van der Waals surface area contributed by atoms with Crippen LogP contribution in [-0.4, -0.2) is 46.1 Å². The second-order valence-corrected chi connectivity index (χ2v) is 5.68. The molecule has 2 atom stereocenters. The van der Waals surface area contributed by atoms with E-state index in [1.165, 1.54) is 0 Å². The van der Waals surface area contributed by atoms with E-state index in [0.717, 1.165) is 30.8 Å². The molecule has 2 unspecified atom stereocenters. The minimum Gasteiger partial charge on any atom is -0.387 e. The first-order valence-electron chi connectivity index (χ1n) is 5.88. The molecule has 0 aliphatic carbocycles. The van der Waals surface area contributed by atoms with Crippen molar-refractivity contribution < 1.29 is 18.3 Å². The zero-order valence-electron chi connectivity index (χ0n) is 10.4. The molecule has 0 bridgehead atoms. The van der Waals surface area contributed by atoms with Gasteiger partial charge in [0.2, 0.25) is 0 Å². The van der Waals surface area contributed by atoms with E-state index in [4.69, 9.17) is 0 Å². The van der Waals surface area contributed by atoms with E-state index in [0.29, 0.717) is 5.75 Å². The largest absolute Gasteiger partial charge is 0.416 e. The summed E-state index contributed by atoms with van der Waals surface area (Å²) in [7, 11) is 1.82. The molecule has 0 spiro atoms. The van der Waals surface area contributed by atoms with Gasteiger partial charge in [0.1, 0.15) is 0 Å². The Bertz CT molecular complexity index is 441. The standard InChI is InChI=1S/C12H15F3N2OS/c1-17-4-5-19-7-10(17)11(18)8-6-16-3-2-9(8)12(13,14)15/h2-3,6,10-11,18H,4-5,7H2,1H3. The van der Waals surface area contributed by atoms with Gasteiger partial charge in [0.05, 0.1) is 11.7 Å². The Morgan fingerprint density at radius 1 is 1.53 bits per heavy atom. The fourth-order valence-corrected chi connectivity index (χ4v) is 3.41. The second kappa shape index (κ2) is 5.68. The molecular formula is C12H15F3N2OS. The maximum Gasteiger partial charge on any atom is 0.416 e. The molecule has 1 aliphatic rings. The predicted octanol–water partition coefficient (Wildman–Crippen LogP) is 2.18. The number of likely N-dealkylation sites (N-methyl/N-ethyl adjacent to an activating group) is 1. The molecule has 0 saturated carbocycles. The number of hydrogen-bond acceptors (Lipinski definition) is 4. The van der Waals surface area contributed by atoms with Crippen molar-refractivity contribution in [2.75, 3.05) is 25.1 Å². The SMILES string of the molecule is CN1CCSCC1C(O)c1cnccc1C(F)(F)F. The van der Waals surface area contributed by atoms with Crippen molar-refractivity contribution in [2.24, 2.45) is 0 Å². The summed E-state index contributed by atoms with van der Waals surface area (Å²) in [5.74, 6) is 1.54. The Balaban J connectivity index is 2.30. The van der Waals surface area contributed by atoms with E-state index in [9.17, 15) is 18.3 Å². The lowest BCUT2D eigenvalue weighted by Crippen LogP contribution is -2.43. The highest BCUT2D eigenvalue weighted by Crippen LogP contribution is 2.36. The third-order valence-electron chi connectivity index (χ3n) is 3.28. The monoisotopic (exact) mass is 292 g/mol. The molecular weight excluding hydrogens is 277 g/mol. The van der Waals surface area contributed by atoms with Crippen LogP contribution >= 0.6 is 11.8 Å². The van der Waals surface area contributed by atoms with Gasteiger partial charge in [-0.1, -0.05) is 0 Å². The summed E-state index contributed by atoms with van der Waals surface area (Å²) in [6.45, 7) is 0.758. The summed E-state index contributed by atoms with van der Waals surface area (Å²) >= 11 is 1.64. The van der Waals surface area contributed by atoms with Gasteiger partial charge < -0.3 is 5.11 Å². The van der Waals surface area contributed by atoms with Gasteiger partial charge in [0.15, 0.2) is 0 Å². The predicted molar refractivity (Wildman–Crippen MR) is 67.9 cm³/mol. The van der Waals surface area contributed by atoms with Gasteiger partial charge in [0.25, 0.3) is 0 Å². The van der Waals surface area contributed by atoms with Crippen LogP contribution in [0.2, 0.25) is 0 Å². The fraction of sp³-hybridized carbons (Fsp3) is 0.583. The van der Waals surface area contributed by atoms with Crippen LogP contribution in [0.5, 0.6) is 0 Å². The lowest BCUT2D eigenvalue weighted by Gasteiger charge is -2.36. The number of pyridine rings is 1. The Labute approximate surface area is 113 Å². The summed E-state index contributed by atoms with van der Waals surface area (Å²) in [6, 6.07) is 0.596. The quantitative estimate of drug-likeness (QED) is 0.906. The zero-order chi connectivity index (χ0) is 14.0. The smallest absolute Gasteiger partial charge is 0.387 e. The maximum absolute atomic E-state index is 12.9. The number of thioether (sulfide) groups is 1. The number of nitrogens with zero attached hydrogens (tertiary/aromatic N) is 2. The topological polar surface area (TPSA) is 36.4 Å². The molecule has 3 nitrogen and oxygen atoms in total. The number of aliphatic hydroxyl groups excluding tert-OH is 1. The number of aliphatic hydroxyl groups is 1. The third-order valence-corrected chi connectivity index (χ3v) is 4.33. The van der Waals surface area contributed by atoms with E-state index in [2.05, 4.69) is 4.98 Å². The number of alkyl halides is 3. The number of rotatable bonds is 2. The highest BCUT2D eigenvalue weighted by atomic mass is 32.2.